The SMILES string of the molecule is CCOC(=O)c1c2c(cn1S(=O)(=O)c1ccc(C)cc1)[C@@H]1C=C[C@H]2CC1. The van der Waals surface area contributed by atoms with E-state index in [4.69, 9.17) is 4.74 Å². The number of nitrogens with zero attached hydrogens (tertiary/aromatic N) is 1. The maximum absolute atomic E-state index is 13.3. The molecule has 0 N–H and O–H groups in total. The molecule has 0 aliphatic heterocycles. The molecule has 0 amide bonds. The first-order valence-corrected chi connectivity index (χ1v) is 10.3. The number of aromatic nitrogens is 1. The number of aryl methyl sites for hydroxylation is 1. The quantitative estimate of drug-likeness (QED) is 0.607. The zero-order valence-electron chi connectivity index (χ0n) is 14.8. The van der Waals surface area contributed by atoms with Gasteiger partial charge in [-0.2, -0.15) is 0 Å². The molecule has 5 nitrogen and oxygen atoms in total. The van der Waals surface area contributed by atoms with Gasteiger partial charge in [-0.1, -0.05) is 29.8 Å². The summed E-state index contributed by atoms with van der Waals surface area (Å²) in [6.07, 6.45) is 7.73. The molecular weight excluding hydrogens is 350 g/mol. The number of hydrogen-bond donors (Lipinski definition) is 0. The molecule has 0 radical (unpaired) electrons. The van der Waals surface area contributed by atoms with Gasteiger partial charge in [0.05, 0.1) is 11.5 Å². The van der Waals surface area contributed by atoms with Gasteiger partial charge in [-0.25, -0.2) is 17.2 Å². The highest BCUT2D eigenvalue weighted by molar-refractivity contribution is 7.90. The molecule has 1 aromatic heterocycles. The molecular formula is C20H21NO4S. The van der Waals surface area contributed by atoms with E-state index in [1.54, 1.807) is 37.4 Å². The molecule has 136 valence electrons. The van der Waals surface area contributed by atoms with Gasteiger partial charge >= 0.3 is 5.97 Å². The molecule has 2 atom stereocenters. The number of rotatable bonds is 4. The molecule has 1 aromatic carbocycles. The summed E-state index contributed by atoms with van der Waals surface area (Å²) in [5, 5.41) is 0. The molecule has 0 spiro atoms. The van der Waals surface area contributed by atoms with Gasteiger partial charge in [0.15, 0.2) is 0 Å². The Kier molecular flexibility index (Phi) is 4.03. The third-order valence-electron chi connectivity index (χ3n) is 5.22. The summed E-state index contributed by atoms with van der Waals surface area (Å²) < 4.78 is 32.9. The second kappa shape index (κ2) is 6.13. The van der Waals surface area contributed by atoms with Crippen molar-refractivity contribution in [3.05, 3.63) is 65.0 Å². The van der Waals surface area contributed by atoms with Crippen molar-refractivity contribution >= 4 is 16.0 Å². The van der Waals surface area contributed by atoms with Gasteiger partial charge in [-0.05, 0) is 49.9 Å². The van der Waals surface area contributed by atoms with E-state index in [2.05, 4.69) is 12.2 Å². The van der Waals surface area contributed by atoms with Crippen LogP contribution in [-0.4, -0.2) is 25.0 Å². The van der Waals surface area contributed by atoms with E-state index in [9.17, 15) is 13.2 Å². The lowest BCUT2D eigenvalue weighted by Gasteiger charge is -2.31. The summed E-state index contributed by atoms with van der Waals surface area (Å²) in [6, 6.07) is 6.66. The number of carbonyl (C=O) groups is 1. The summed E-state index contributed by atoms with van der Waals surface area (Å²) in [6.45, 7) is 3.82. The molecule has 26 heavy (non-hydrogen) atoms. The molecule has 0 unspecified atom stereocenters. The molecule has 2 aromatic rings. The molecule has 3 aliphatic rings. The van der Waals surface area contributed by atoms with Gasteiger partial charge in [0.2, 0.25) is 0 Å². The lowest BCUT2D eigenvalue weighted by molar-refractivity contribution is 0.0516. The lowest BCUT2D eigenvalue weighted by Crippen LogP contribution is -2.22. The zero-order valence-corrected chi connectivity index (χ0v) is 15.6. The number of carbonyl (C=O) groups excluding carboxylic acids is 1. The van der Waals surface area contributed by atoms with Crippen molar-refractivity contribution in [2.45, 2.75) is 43.4 Å². The van der Waals surface area contributed by atoms with Crippen molar-refractivity contribution in [1.82, 2.24) is 3.97 Å². The third kappa shape index (κ3) is 2.51. The van der Waals surface area contributed by atoms with Crippen LogP contribution in [0.15, 0.2) is 47.5 Å². The first-order chi connectivity index (χ1) is 12.4. The monoisotopic (exact) mass is 371 g/mol. The van der Waals surface area contributed by atoms with Crippen LogP contribution >= 0.6 is 0 Å². The number of allylic oxidation sites excluding steroid dienone is 2. The molecule has 0 saturated heterocycles. The fourth-order valence-electron chi connectivity index (χ4n) is 3.93. The average molecular weight is 371 g/mol. The number of fused-ring (bicyclic) bond motifs is 1. The Balaban J connectivity index is 1.93. The highest BCUT2D eigenvalue weighted by Crippen LogP contribution is 2.47. The number of hydrogen-bond acceptors (Lipinski definition) is 4. The number of esters is 1. The predicted octanol–water partition coefficient (Wildman–Crippen LogP) is 3.74. The highest BCUT2D eigenvalue weighted by atomic mass is 32.2. The first-order valence-electron chi connectivity index (χ1n) is 8.86. The predicted molar refractivity (Wildman–Crippen MR) is 98.0 cm³/mol. The Labute approximate surface area is 153 Å². The van der Waals surface area contributed by atoms with Crippen LogP contribution in [0.2, 0.25) is 0 Å². The lowest BCUT2D eigenvalue weighted by atomic mass is 9.72. The van der Waals surface area contributed by atoms with Crippen LogP contribution in [0.5, 0.6) is 0 Å². The van der Waals surface area contributed by atoms with Crippen molar-refractivity contribution in [1.29, 1.82) is 0 Å². The van der Waals surface area contributed by atoms with Crippen LogP contribution in [0.4, 0.5) is 0 Å². The van der Waals surface area contributed by atoms with Crippen molar-refractivity contribution in [2.75, 3.05) is 6.61 Å². The second-order valence-electron chi connectivity index (χ2n) is 6.86. The topological polar surface area (TPSA) is 65.4 Å². The zero-order chi connectivity index (χ0) is 18.5. The summed E-state index contributed by atoms with van der Waals surface area (Å²) in [7, 11) is -3.87. The molecule has 2 bridgehead atoms. The minimum atomic E-state index is -3.87. The van der Waals surface area contributed by atoms with Crippen LogP contribution in [-0.2, 0) is 14.8 Å². The van der Waals surface area contributed by atoms with E-state index < -0.39 is 16.0 Å². The Bertz CT molecular complexity index is 999. The highest BCUT2D eigenvalue weighted by Gasteiger charge is 2.39. The van der Waals surface area contributed by atoms with E-state index in [1.807, 2.05) is 6.92 Å². The Hall–Kier alpha value is -2.34. The summed E-state index contributed by atoms with van der Waals surface area (Å²) in [5.41, 5.74) is 2.88. The summed E-state index contributed by atoms with van der Waals surface area (Å²) in [4.78, 5) is 12.8. The summed E-state index contributed by atoms with van der Waals surface area (Å²) >= 11 is 0. The molecule has 0 fully saturated rings. The summed E-state index contributed by atoms with van der Waals surface area (Å²) in [5.74, 6) is -0.341. The van der Waals surface area contributed by atoms with Crippen molar-refractivity contribution < 1.29 is 17.9 Å². The van der Waals surface area contributed by atoms with E-state index in [1.165, 1.54) is 0 Å². The Morgan fingerprint density at radius 2 is 1.81 bits per heavy atom. The van der Waals surface area contributed by atoms with Crippen LogP contribution < -0.4 is 0 Å². The Morgan fingerprint density at radius 1 is 1.15 bits per heavy atom. The van der Waals surface area contributed by atoms with Gasteiger partial charge < -0.3 is 4.74 Å². The molecule has 6 heteroatoms. The van der Waals surface area contributed by atoms with Gasteiger partial charge in [-0.15, -0.1) is 0 Å². The first kappa shape index (κ1) is 17.1. The number of benzene rings is 1. The largest absolute Gasteiger partial charge is 0.461 e. The van der Waals surface area contributed by atoms with Crippen molar-refractivity contribution in [2.24, 2.45) is 0 Å². The minimum absolute atomic E-state index is 0.0730. The van der Waals surface area contributed by atoms with Crippen molar-refractivity contribution in [3.63, 3.8) is 0 Å². The van der Waals surface area contributed by atoms with Crippen LogP contribution in [0.25, 0.3) is 0 Å². The molecule has 0 saturated carbocycles. The van der Waals surface area contributed by atoms with Gasteiger partial charge in [0.1, 0.15) is 5.69 Å². The van der Waals surface area contributed by atoms with Crippen LogP contribution in [0, 0.1) is 6.92 Å². The molecule has 5 rings (SSSR count). The fourth-order valence-corrected chi connectivity index (χ4v) is 5.31. The van der Waals surface area contributed by atoms with E-state index in [-0.39, 0.29) is 29.0 Å². The second-order valence-corrected chi connectivity index (χ2v) is 8.67. The maximum atomic E-state index is 13.3. The fraction of sp³-hybridized carbons (Fsp3) is 0.350. The molecule has 3 aliphatic carbocycles. The third-order valence-corrected chi connectivity index (χ3v) is 6.90. The van der Waals surface area contributed by atoms with Crippen molar-refractivity contribution in [3.8, 4) is 0 Å². The van der Waals surface area contributed by atoms with Gasteiger partial charge in [-0.3, -0.25) is 0 Å². The van der Waals surface area contributed by atoms with Gasteiger partial charge in [0.25, 0.3) is 10.0 Å². The van der Waals surface area contributed by atoms with E-state index in [0.29, 0.717) is 0 Å². The molecule has 1 heterocycles. The van der Waals surface area contributed by atoms with E-state index in [0.717, 1.165) is 33.5 Å². The number of ether oxygens (including phenoxy) is 1. The maximum Gasteiger partial charge on any atom is 0.356 e. The van der Waals surface area contributed by atoms with Gasteiger partial charge in [0, 0.05) is 18.0 Å². The smallest absolute Gasteiger partial charge is 0.356 e. The van der Waals surface area contributed by atoms with Crippen LogP contribution in [0.1, 0.15) is 58.8 Å². The minimum Gasteiger partial charge on any atom is -0.461 e. The normalized spacial score (nSPS) is 20.8. The van der Waals surface area contributed by atoms with Crippen LogP contribution in [0.3, 0.4) is 0 Å². The Morgan fingerprint density at radius 3 is 2.42 bits per heavy atom. The average Bonchev–Trinajstić information content (AvgIpc) is 3.07. The van der Waals surface area contributed by atoms with E-state index >= 15 is 0 Å². The standard InChI is InChI=1S/C20H21NO4S/c1-3-25-20(22)19-18-15-8-6-14(7-9-15)17(18)12-21(19)26(23,24)16-10-4-13(2)5-11-16/h4-6,8,10-12,14-15H,3,7,9H2,1-2H3/t14-,15+/m1/s1.